The van der Waals surface area contributed by atoms with Gasteiger partial charge in [0.05, 0.1) is 30.2 Å². The number of aliphatic hydroxyl groups is 1. The molecule has 0 spiro atoms. The van der Waals surface area contributed by atoms with E-state index in [4.69, 9.17) is 10.8 Å². The number of aliphatic hydroxyl groups excluding tert-OH is 1. The predicted molar refractivity (Wildman–Crippen MR) is 94.7 cm³/mol. The van der Waals surface area contributed by atoms with Gasteiger partial charge in [-0.25, -0.2) is 4.98 Å². The van der Waals surface area contributed by atoms with Gasteiger partial charge in [-0.15, -0.1) is 0 Å². The SMILES string of the molecule is NC(=O)c1ccc2nc(-c3ccc(CO)cc3)[nH]c2c1.c1ccoc1. The molecule has 4 rings (SSSR count). The molecule has 6 nitrogen and oxygen atoms in total. The highest BCUT2D eigenvalue weighted by Crippen LogP contribution is 2.21. The van der Waals surface area contributed by atoms with Gasteiger partial charge in [-0.2, -0.15) is 0 Å². The van der Waals surface area contributed by atoms with Crippen molar-refractivity contribution < 1.29 is 14.3 Å². The van der Waals surface area contributed by atoms with Gasteiger partial charge in [-0.05, 0) is 35.9 Å². The molecule has 0 aliphatic carbocycles. The Morgan fingerprint density at radius 1 is 1.12 bits per heavy atom. The third-order valence-corrected chi connectivity index (χ3v) is 3.60. The van der Waals surface area contributed by atoms with E-state index in [9.17, 15) is 4.79 Å². The second-order valence-electron chi connectivity index (χ2n) is 5.33. The summed E-state index contributed by atoms with van der Waals surface area (Å²) in [6.07, 6.45) is 3.25. The summed E-state index contributed by atoms with van der Waals surface area (Å²) in [4.78, 5) is 18.8. The van der Waals surface area contributed by atoms with Gasteiger partial charge in [0.25, 0.3) is 0 Å². The molecule has 0 unspecified atom stereocenters. The number of hydrogen-bond acceptors (Lipinski definition) is 4. The Hall–Kier alpha value is -3.38. The molecule has 1 amide bonds. The first-order valence-corrected chi connectivity index (χ1v) is 7.64. The van der Waals surface area contributed by atoms with Crippen molar-refractivity contribution >= 4 is 16.9 Å². The van der Waals surface area contributed by atoms with Gasteiger partial charge in [0.15, 0.2) is 0 Å². The van der Waals surface area contributed by atoms with Crippen molar-refractivity contribution in [2.75, 3.05) is 0 Å². The molecule has 25 heavy (non-hydrogen) atoms. The van der Waals surface area contributed by atoms with E-state index in [2.05, 4.69) is 14.4 Å². The van der Waals surface area contributed by atoms with Crippen molar-refractivity contribution in [2.24, 2.45) is 5.73 Å². The Bertz CT molecular complexity index is 940. The summed E-state index contributed by atoms with van der Waals surface area (Å²) in [5.74, 6) is 0.251. The monoisotopic (exact) mass is 335 g/mol. The highest BCUT2D eigenvalue weighted by molar-refractivity contribution is 5.96. The summed E-state index contributed by atoms with van der Waals surface area (Å²) < 4.78 is 4.58. The number of primary amides is 1. The molecule has 2 aromatic heterocycles. The Labute approximate surface area is 143 Å². The first-order chi connectivity index (χ1) is 12.2. The molecule has 6 heteroatoms. The molecule has 0 saturated heterocycles. The lowest BCUT2D eigenvalue weighted by atomic mass is 10.1. The van der Waals surface area contributed by atoms with Crippen molar-refractivity contribution in [3.05, 3.63) is 78.3 Å². The largest absolute Gasteiger partial charge is 0.473 e. The van der Waals surface area contributed by atoms with Gasteiger partial charge in [0.1, 0.15) is 5.82 Å². The second kappa shape index (κ2) is 7.46. The maximum absolute atomic E-state index is 11.2. The van der Waals surface area contributed by atoms with Gasteiger partial charge in [-0.1, -0.05) is 24.3 Å². The number of fused-ring (bicyclic) bond motifs is 1. The number of H-pyrrole nitrogens is 1. The minimum Gasteiger partial charge on any atom is -0.473 e. The number of carbonyl (C=O) groups is 1. The molecular formula is C19H17N3O3. The maximum Gasteiger partial charge on any atom is 0.248 e. The van der Waals surface area contributed by atoms with E-state index in [0.717, 1.165) is 22.2 Å². The molecule has 0 atom stereocenters. The van der Waals surface area contributed by atoms with Crippen LogP contribution in [0, 0.1) is 0 Å². The zero-order chi connectivity index (χ0) is 17.6. The zero-order valence-electron chi connectivity index (χ0n) is 13.3. The quantitative estimate of drug-likeness (QED) is 0.535. The highest BCUT2D eigenvalue weighted by atomic mass is 16.3. The highest BCUT2D eigenvalue weighted by Gasteiger charge is 2.08. The van der Waals surface area contributed by atoms with E-state index in [1.165, 1.54) is 0 Å². The number of imidazole rings is 1. The predicted octanol–water partition coefficient (Wildman–Crippen LogP) is 3.10. The summed E-state index contributed by atoms with van der Waals surface area (Å²) in [6.45, 7) is 0.0163. The number of aromatic amines is 1. The van der Waals surface area contributed by atoms with Gasteiger partial charge < -0.3 is 20.2 Å². The van der Waals surface area contributed by atoms with Crippen LogP contribution in [0.1, 0.15) is 15.9 Å². The fourth-order valence-electron chi connectivity index (χ4n) is 2.29. The van der Waals surface area contributed by atoms with Crippen molar-refractivity contribution in [3.63, 3.8) is 0 Å². The zero-order valence-corrected chi connectivity index (χ0v) is 13.3. The minimum atomic E-state index is -0.463. The van der Waals surface area contributed by atoms with Crippen molar-refractivity contribution in [3.8, 4) is 11.4 Å². The van der Waals surface area contributed by atoms with E-state index >= 15 is 0 Å². The number of carbonyl (C=O) groups excluding carboxylic acids is 1. The Kier molecular flexibility index (Phi) is 4.92. The van der Waals surface area contributed by atoms with E-state index < -0.39 is 5.91 Å². The normalized spacial score (nSPS) is 10.3. The van der Waals surface area contributed by atoms with Crippen molar-refractivity contribution in [2.45, 2.75) is 6.61 Å². The van der Waals surface area contributed by atoms with Gasteiger partial charge >= 0.3 is 0 Å². The van der Waals surface area contributed by atoms with Crippen molar-refractivity contribution in [1.29, 1.82) is 0 Å². The van der Waals surface area contributed by atoms with E-state index in [1.807, 2.05) is 36.4 Å². The molecule has 4 N–H and O–H groups in total. The Morgan fingerprint density at radius 2 is 1.84 bits per heavy atom. The van der Waals surface area contributed by atoms with Crippen LogP contribution in [0.3, 0.4) is 0 Å². The van der Waals surface area contributed by atoms with Crippen molar-refractivity contribution in [1.82, 2.24) is 9.97 Å². The average molecular weight is 335 g/mol. The first kappa shape index (κ1) is 16.5. The van der Waals surface area contributed by atoms with Crippen LogP contribution in [0.5, 0.6) is 0 Å². The Balaban J connectivity index is 0.000000314. The van der Waals surface area contributed by atoms with Crippen LogP contribution < -0.4 is 5.73 Å². The van der Waals surface area contributed by atoms with Gasteiger partial charge in [0, 0.05) is 11.1 Å². The molecule has 0 aliphatic heterocycles. The third-order valence-electron chi connectivity index (χ3n) is 3.60. The fraction of sp³-hybridized carbons (Fsp3) is 0.0526. The number of amides is 1. The molecule has 0 radical (unpaired) electrons. The molecule has 4 aromatic rings. The fourth-order valence-corrected chi connectivity index (χ4v) is 2.29. The van der Waals surface area contributed by atoms with Crippen LogP contribution in [0.25, 0.3) is 22.4 Å². The summed E-state index contributed by atoms with van der Waals surface area (Å²) in [5, 5.41) is 9.03. The minimum absolute atomic E-state index is 0.0163. The molecular weight excluding hydrogens is 318 g/mol. The lowest BCUT2D eigenvalue weighted by molar-refractivity contribution is 0.100. The summed E-state index contributed by atoms with van der Waals surface area (Å²) >= 11 is 0. The molecule has 126 valence electrons. The topological polar surface area (TPSA) is 105 Å². The van der Waals surface area contributed by atoms with Crippen LogP contribution in [-0.4, -0.2) is 21.0 Å². The number of rotatable bonds is 3. The summed E-state index contributed by atoms with van der Waals surface area (Å²) in [6, 6.07) is 16.2. The molecule has 0 aliphatic rings. The van der Waals surface area contributed by atoms with Crippen LogP contribution in [0.2, 0.25) is 0 Å². The number of nitrogens with zero attached hydrogens (tertiary/aromatic N) is 1. The number of furan rings is 1. The number of nitrogens with one attached hydrogen (secondary N) is 1. The molecule has 0 bridgehead atoms. The molecule has 0 saturated carbocycles. The number of benzene rings is 2. The average Bonchev–Trinajstić information content (AvgIpc) is 3.33. The van der Waals surface area contributed by atoms with Crippen LogP contribution in [0.15, 0.2) is 71.5 Å². The smallest absolute Gasteiger partial charge is 0.248 e. The summed E-state index contributed by atoms with van der Waals surface area (Å²) in [5.41, 5.74) is 9.01. The lowest BCUT2D eigenvalue weighted by Crippen LogP contribution is -2.10. The summed E-state index contributed by atoms with van der Waals surface area (Å²) in [7, 11) is 0. The number of aromatic nitrogens is 2. The van der Waals surface area contributed by atoms with Gasteiger partial charge in [0.2, 0.25) is 5.91 Å². The van der Waals surface area contributed by atoms with Crippen LogP contribution in [-0.2, 0) is 6.61 Å². The third kappa shape index (κ3) is 3.94. The lowest BCUT2D eigenvalue weighted by Gasteiger charge is -1.98. The van der Waals surface area contributed by atoms with E-state index in [-0.39, 0.29) is 6.61 Å². The first-order valence-electron chi connectivity index (χ1n) is 7.64. The van der Waals surface area contributed by atoms with Crippen LogP contribution in [0.4, 0.5) is 0 Å². The van der Waals surface area contributed by atoms with E-state index in [1.54, 1.807) is 30.7 Å². The second-order valence-corrected chi connectivity index (χ2v) is 5.33. The Morgan fingerprint density at radius 3 is 2.40 bits per heavy atom. The van der Waals surface area contributed by atoms with Crippen LogP contribution >= 0.6 is 0 Å². The van der Waals surface area contributed by atoms with E-state index in [0.29, 0.717) is 11.4 Å². The molecule has 2 aromatic carbocycles. The maximum atomic E-state index is 11.2. The number of nitrogens with two attached hydrogens (primary N) is 1. The molecule has 2 heterocycles. The molecule has 0 fully saturated rings. The van der Waals surface area contributed by atoms with Gasteiger partial charge in [-0.3, -0.25) is 4.79 Å². The standard InChI is InChI=1S/C15H13N3O2.C4H4O/c16-14(20)11-5-6-12-13(7-11)18-15(17-12)10-3-1-9(8-19)2-4-10;1-2-4-5-3-1/h1-7,19H,8H2,(H2,16,20)(H,17,18);1-4H. The number of hydrogen-bond donors (Lipinski definition) is 3.